The van der Waals surface area contributed by atoms with Gasteiger partial charge in [0.25, 0.3) is 0 Å². The van der Waals surface area contributed by atoms with Crippen LogP contribution in [-0.2, 0) is 11.2 Å². The van der Waals surface area contributed by atoms with Crippen LogP contribution in [0.3, 0.4) is 0 Å². The molecule has 0 bridgehead atoms. The average molecular weight is 274 g/mol. The van der Waals surface area contributed by atoms with E-state index in [4.69, 9.17) is 5.73 Å². The van der Waals surface area contributed by atoms with Crippen LogP contribution in [0, 0.1) is 5.92 Å². The Morgan fingerprint density at radius 1 is 1.30 bits per heavy atom. The van der Waals surface area contributed by atoms with Gasteiger partial charge in [0, 0.05) is 0 Å². The quantitative estimate of drug-likeness (QED) is 0.751. The van der Waals surface area contributed by atoms with E-state index in [9.17, 15) is 4.79 Å². The van der Waals surface area contributed by atoms with Crippen LogP contribution in [-0.4, -0.2) is 11.9 Å². The molecule has 1 rings (SSSR count). The molecule has 0 saturated carbocycles. The van der Waals surface area contributed by atoms with Crippen LogP contribution in [0.15, 0.2) is 36.9 Å². The van der Waals surface area contributed by atoms with Crippen LogP contribution < -0.4 is 11.1 Å². The summed E-state index contributed by atoms with van der Waals surface area (Å²) in [6, 6.07) is 7.84. The minimum absolute atomic E-state index is 0.0357. The molecule has 0 aliphatic heterocycles. The Labute approximate surface area is 122 Å². The first kappa shape index (κ1) is 16.4. The van der Waals surface area contributed by atoms with E-state index < -0.39 is 6.04 Å². The van der Waals surface area contributed by atoms with Gasteiger partial charge in [-0.25, -0.2) is 0 Å². The second-order valence-electron chi connectivity index (χ2n) is 5.70. The average Bonchev–Trinajstić information content (AvgIpc) is 2.39. The number of carbonyl (C=O) groups is 1. The monoisotopic (exact) mass is 274 g/mol. The van der Waals surface area contributed by atoms with Crippen LogP contribution in [0.1, 0.15) is 44.4 Å². The van der Waals surface area contributed by atoms with E-state index in [-0.39, 0.29) is 11.9 Å². The summed E-state index contributed by atoms with van der Waals surface area (Å²) in [5.41, 5.74) is 8.17. The third kappa shape index (κ3) is 5.17. The van der Waals surface area contributed by atoms with Gasteiger partial charge in [0.05, 0.1) is 12.1 Å². The molecule has 1 aromatic carbocycles. The zero-order valence-corrected chi connectivity index (χ0v) is 12.7. The summed E-state index contributed by atoms with van der Waals surface area (Å²) < 4.78 is 0. The van der Waals surface area contributed by atoms with E-state index in [0.717, 1.165) is 12.0 Å². The lowest BCUT2D eigenvalue weighted by Crippen LogP contribution is -2.41. The molecule has 0 aliphatic rings. The largest absolute Gasteiger partial charge is 0.348 e. The normalized spacial score (nSPS) is 13.8. The molecule has 0 spiro atoms. The maximum atomic E-state index is 11.8. The second-order valence-corrected chi connectivity index (χ2v) is 5.70. The maximum Gasteiger partial charge on any atom is 0.237 e. The summed E-state index contributed by atoms with van der Waals surface area (Å²) in [4.78, 5) is 11.8. The van der Waals surface area contributed by atoms with Crippen molar-refractivity contribution in [3.63, 3.8) is 0 Å². The molecule has 0 heterocycles. The molecular weight excluding hydrogens is 248 g/mol. The Bertz CT molecular complexity index is 437. The summed E-state index contributed by atoms with van der Waals surface area (Å²) in [5.74, 6) is 0.513. The number of benzene rings is 1. The molecule has 110 valence electrons. The van der Waals surface area contributed by atoms with E-state index in [0.29, 0.717) is 12.3 Å². The highest BCUT2D eigenvalue weighted by molar-refractivity contribution is 5.82. The highest BCUT2D eigenvalue weighted by Crippen LogP contribution is 2.15. The van der Waals surface area contributed by atoms with Crippen molar-refractivity contribution >= 4 is 5.91 Å². The summed E-state index contributed by atoms with van der Waals surface area (Å²) in [7, 11) is 0. The SMILES string of the molecule is C=CCC(N)C(=O)NC(C)c1ccc(CC(C)C)cc1. The van der Waals surface area contributed by atoms with Crippen molar-refractivity contribution in [2.24, 2.45) is 11.7 Å². The van der Waals surface area contributed by atoms with Crippen LogP contribution in [0.4, 0.5) is 0 Å². The highest BCUT2D eigenvalue weighted by Gasteiger charge is 2.15. The third-order valence-corrected chi connectivity index (χ3v) is 3.24. The number of carbonyl (C=O) groups excluding carboxylic acids is 1. The maximum absolute atomic E-state index is 11.8. The van der Waals surface area contributed by atoms with Crippen molar-refractivity contribution in [1.82, 2.24) is 5.32 Å². The van der Waals surface area contributed by atoms with Crippen molar-refractivity contribution in [2.75, 3.05) is 0 Å². The topological polar surface area (TPSA) is 55.1 Å². The van der Waals surface area contributed by atoms with Crippen LogP contribution in [0.25, 0.3) is 0 Å². The minimum Gasteiger partial charge on any atom is -0.348 e. The molecule has 20 heavy (non-hydrogen) atoms. The molecule has 0 aliphatic carbocycles. The number of nitrogens with one attached hydrogen (secondary N) is 1. The van der Waals surface area contributed by atoms with Gasteiger partial charge in [-0.3, -0.25) is 4.79 Å². The molecule has 3 nitrogen and oxygen atoms in total. The summed E-state index contributed by atoms with van der Waals surface area (Å²) in [5, 5.41) is 2.93. The lowest BCUT2D eigenvalue weighted by Gasteiger charge is -2.17. The molecule has 2 unspecified atom stereocenters. The lowest BCUT2D eigenvalue weighted by molar-refractivity contribution is -0.122. The zero-order chi connectivity index (χ0) is 15.1. The molecule has 1 aromatic rings. The molecule has 0 saturated heterocycles. The number of hydrogen-bond donors (Lipinski definition) is 2. The van der Waals surface area contributed by atoms with Crippen molar-refractivity contribution in [3.8, 4) is 0 Å². The molecule has 0 fully saturated rings. The minimum atomic E-state index is -0.518. The number of rotatable bonds is 7. The molecule has 1 amide bonds. The lowest BCUT2D eigenvalue weighted by atomic mass is 10.00. The van der Waals surface area contributed by atoms with Crippen molar-refractivity contribution in [2.45, 2.75) is 45.7 Å². The Morgan fingerprint density at radius 2 is 1.90 bits per heavy atom. The number of nitrogens with two attached hydrogens (primary N) is 1. The van der Waals surface area contributed by atoms with Crippen molar-refractivity contribution in [1.29, 1.82) is 0 Å². The van der Waals surface area contributed by atoms with Gasteiger partial charge in [0.2, 0.25) is 5.91 Å². The molecule has 3 N–H and O–H groups in total. The zero-order valence-electron chi connectivity index (χ0n) is 12.7. The van der Waals surface area contributed by atoms with Crippen molar-refractivity contribution in [3.05, 3.63) is 48.0 Å². The van der Waals surface area contributed by atoms with Gasteiger partial charge >= 0.3 is 0 Å². The fourth-order valence-electron chi connectivity index (χ4n) is 2.10. The van der Waals surface area contributed by atoms with E-state index in [2.05, 4.69) is 50.0 Å². The third-order valence-electron chi connectivity index (χ3n) is 3.24. The van der Waals surface area contributed by atoms with Gasteiger partial charge in [-0.2, -0.15) is 0 Å². The number of hydrogen-bond acceptors (Lipinski definition) is 2. The summed E-state index contributed by atoms with van der Waals surface area (Å²) in [6.45, 7) is 9.97. The predicted octanol–water partition coefficient (Wildman–Crippen LogP) is 2.97. The van der Waals surface area contributed by atoms with Crippen LogP contribution >= 0.6 is 0 Å². The van der Waals surface area contributed by atoms with E-state index in [1.807, 2.05) is 6.92 Å². The second kappa shape index (κ2) is 7.85. The van der Waals surface area contributed by atoms with Gasteiger partial charge in [0.1, 0.15) is 0 Å². The van der Waals surface area contributed by atoms with E-state index >= 15 is 0 Å². The van der Waals surface area contributed by atoms with Crippen LogP contribution in [0.5, 0.6) is 0 Å². The van der Waals surface area contributed by atoms with Gasteiger partial charge < -0.3 is 11.1 Å². The van der Waals surface area contributed by atoms with Gasteiger partial charge in [-0.15, -0.1) is 6.58 Å². The first-order chi connectivity index (χ1) is 9.43. The van der Waals surface area contributed by atoms with E-state index in [1.54, 1.807) is 6.08 Å². The Balaban J connectivity index is 2.61. The molecule has 3 heteroatoms. The fraction of sp³-hybridized carbons (Fsp3) is 0.471. The first-order valence-corrected chi connectivity index (χ1v) is 7.19. The smallest absolute Gasteiger partial charge is 0.237 e. The molecule has 0 aromatic heterocycles. The predicted molar refractivity (Wildman–Crippen MR) is 84.3 cm³/mol. The van der Waals surface area contributed by atoms with Crippen molar-refractivity contribution < 1.29 is 4.79 Å². The fourth-order valence-corrected chi connectivity index (χ4v) is 2.10. The Hall–Kier alpha value is -1.61. The standard InChI is InChI=1S/C17H26N2O/c1-5-6-16(18)17(20)19-13(4)15-9-7-14(8-10-15)11-12(2)3/h5,7-10,12-13,16H,1,6,11,18H2,2-4H3,(H,19,20). The molecular formula is C17H26N2O. The molecule has 0 radical (unpaired) electrons. The first-order valence-electron chi connectivity index (χ1n) is 7.19. The van der Waals surface area contributed by atoms with Gasteiger partial charge in [-0.05, 0) is 36.8 Å². The summed E-state index contributed by atoms with van der Waals surface area (Å²) >= 11 is 0. The van der Waals surface area contributed by atoms with E-state index in [1.165, 1.54) is 5.56 Å². The molecule has 2 atom stereocenters. The Morgan fingerprint density at radius 3 is 2.40 bits per heavy atom. The summed E-state index contributed by atoms with van der Waals surface area (Å²) in [6.07, 6.45) is 3.23. The van der Waals surface area contributed by atoms with Crippen LogP contribution in [0.2, 0.25) is 0 Å². The van der Waals surface area contributed by atoms with Gasteiger partial charge in [-0.1, -0.05) is 44.2 Å². The Kier molecular flexibility index (Phi) is 6.46. The highest BCUT2D eigenvalue weighted by atomic mass is 16.2. The number of amides is 1. The van der Waals surface area contributed by atoms with Gasteiger partial charge in [0.15, 0.2) is 0 Å².